The molecule has 0 unspecified atom stereocenters. The van der Waals surface area contributed by atoms with Crippen molar-refractivity contribution in [2.24, 2.45) is 5.41 Å². The maximum atomic E-state index is 13.2. The molecule has 0 bridgehead atoms. The van der Waals surface area contributed by atoms with Gasteiger partial charge in [0.25, 0.3) is 5.88 Å². The van der Waals surface area contributed by atoms with Crippen LogP contribution in [0.5, 0.6) is 5.88 Å². The highest BCUT2D eigenvalue weighted by molar-refractivity contribution is 5.37. The van der Waals surface area contributed by atoms with Crippen molar-refractivity contribution in [1.29, 1.82) is 0 Å². The van der Waals surface area contributed by atoms with Crippen molar-refractivity contribution in [2.45, 2.75) is 26.4 Å². The largest absolute Gasteiger partial charge is 0.479 e. The molecule has 6 heteroatoms. The van der Waals surface area contributed by atoms with Gasteiger partial charge in [-0.2, -0.15) is 9.37 Å². The van der Waals surface area contributed by atoms with Crippen LogP contribution in [0.1, 0.15) is 20.8 Å². The third-order valence-corrected chi connectivity index (χ3v) is 3.72. The lowest BCUT2D eigenvalue weighted by Gasteiger charge is -2.30. The Morgan fingerprint density at radius 3 is 2.56 bits per heavy atom. The SMILES string of the molecule is COc1nc(N2CC(C)(C)[C@](C)(O)C2)ncc1F. The molecular formula is C12H18FN3O2. The smallest absolute Gasteiger partial charge is 0.255 e. The maximum Gasteiger partial charge on any atom is 0.255 e. The standard InChI is InChI=1S/C12H18FN3O2/c1-11(2)6-16(7-12(11,3)17)10-14-5-8(13)9(15-10)18-4/h5,17H,6-7H2,1-4H3/t12-/m1/s1. The van der Waals surface area contributed by atoms with Crippen molar-refractivity contribution in [3.05, 3.63) is 12.0 Å². The van der Waals surface area contributed by atoms with Gasteiger partial charge in [0, 0.05) is 18.5 Å². The molecule has 100 valence electrons. The fourth-order valence-corrected chi connectivity index (χ4v) is 2.07. The van der Waals surface area contributed by atoms with Crippen LogP contribution in [0.3, 0.4) is 0 Å². The summed E-state index contributed by atoms with van der Waals surface area (Å²) in [4.78, 5) is 9.79. The number of hydrogen-bond acceptors (Lipinski definition) is 5. The second kappa shape index (κ2) is 4.05. The van der Waals surface area contributed by atoms with Gasteiger partial charge in [-0.15, -0.1) is 0 Å². The summed E-state index contributed by atoms with van der Waals surface area (Å²) in [6, 6.07) is 0. The van der Waals surface area contributed by atoms with Crippen LogP contribution in [-0.4, -0.2) is 40.9 Å². The Kier molecular flexibility index (Phi) is 2.93. The first-order valence-corrected chi connectivity index (χ1v) is 5.81. The Bertz CT molecular complexity index is 447. The molecule has 1 atom stereocenters. The predicted octanol–water partition coefficient (Wildman–Crippen LogP) is 1.22. The highest BCUT2D eigenvalue weighted by atomic mass is 19.1. The molecule has 1 N–H and O–H groups in total. The molecule has 1 aromatic rings. The molecule has 0 amide bonds. The van der Waals surface area contributed by atoms with Gasteiger partial charge >= 0.3 is 0 Å². The Labute approximate surface area is 106 Å². The fraction of sp³-hybridized carbons (Fsp3) is 0.667. The molecule has 1 saturated heterocycles. The van der Waals surface area contributed by atoms with E-state index < -0.39 is 11.4 Å². The van der Waals surface area contributed by atoms with Gasteiger partial charge in [0.05, 0.1) is 18.9 Å². The number of rotatable bonds is 2. The molecule has 1 aliphatic rings. The van der Waals surface area contributed by atoms with Gasteiger partial charge in [-0.25, -0.2) is 4.98 Å². The lowest BCUT2D eigenvalue weighted by molar-refractivity contribution is -0.00891. The number of nitrogens with zero attached hydrogens (tertiary/aromatic N) is 3. The number of β-amino-alcohol motifs (C(OH)–C–C–N with tert-alkyl or cyclic N) is 1. The summed E-state index contributed by atoms with van der Waals surface area (Å²) in [5, 5.41) is 10.3. The van der Waals surface area contributed by atoms with Gasteiger partial charge in [0.15, 0.2) is 0 Å². The number of aromatic nitrogens is 2. The van der Waals surface area contributed by atoms with E-state index in [2.05, 4.69) is 9.97 Å². The molecule has 1 aromatic heterocycles. The van der Waals surface area contributed by atoms with E-state index in [0.717, 1.165) is 6.20 Å². The summed E-state index contributed by atoms with van der Waals surface area (Å²) >= 11 is 0. The number of anilines is 1. The number of hydrogen-bond donors (Lipinski definition) is 1. The lowest BCUT2D eigenvalue weighted by atomic mass is 9.79. The Morgan fingerprint density at radius 2 is 2.06 bits per heavy atom. The van der Waals surface area contributed by atoms with Crippen LogP contribution in [0.15, 0.2) is 6.20 Å². The van der Waals surface area contributed by atoms with Gasteiger partial charge in [-0.1, -0.05) is 13.8 Å². The number of aliphatic hydroxyl groups is 1. The second-order valence-corrected chi connectivity index (χ2v) is 5.54. The summed E-state index contributed by atoms with van der Waals surface area (Å²) in [5.74, 6) is -0.296. The van der Waals surface area contributed by atoms with Crippen molar-refractivity contribution >= 4 is 5.95 Å². The average molecular weight is 255 g/mol. The van der Waals surface area contributed by atoms with Crippen molar-refractivity contribution < 1.29 is 14.2 Å². The highest BCUT2D eigenvalue weighted by Crippen LogP contribution is 2.39. The van der Waals surface area contributed by atoms with E-state index in [-0.39, 0.29) is 11.3 Å². The van der Waals surface area contributed by atoms with Crippen LogP contribution < -0.4 is 9.64 Å². The summed E-state index contributed by atoms with van der Waals surface area (Å²) in [5.41, 5.74) is -1.12. The van der Waals surface area contributed by atoms with Crippen LogP contribution in [0.2, 0.25) is 0 Å². The minimum absolute atomic E-state index is 0.0793. The summed E-state index contributed by atoms with van der Waals surface area (Å²) in [6.07, 6.45) is 1.08. The molecule has 0 saturated carbocycles. The summed E-state index contributed by atoms with van der Waals surface area (Å²) in [6.45, 7) is 6.76. The molecule has 2 heterocycles. The topological polar surface area (TPSA) is 58.5 Å². The van der Waals surface area contributed by atoms with E-state index in [1.165, 1.54) is 7.11 Å². The molecule has 1 fully saturated rings. The van der Waals surface area contributed by atoms with Crippen molar-refractivity contribution in [2.75, 3.05) is 25.1 Å². The quantitative estimate of drug-likeness (QED) is 0.861. The van der Waals surface area contributed by atoms with E-state index in [1.807, 2.05) is 18.7 Å². The Morgan fingerprint density at radius 1 is 1.39 bits per heavy atom. The third-order valence-electron chi connectivity index (χ3n) is 3.72. The molecule has 0 aliphatic carbocycles. The molecular weight excluding hydrogens is 237 g/mol. The normalized spacial score (nSPS) is 26.4. The van der Waals surface area contributed by atoms with Crippen molar-refractivity contribution in [3.63, 3.8) is 0 Å². The zero-order chi connectivity index (χ0) is 13.6. The Balaban J connectivity index is 2.30. The molecule has 1 aliphatic heterocycles. The van der Waals surface area contributed by atoms with Crippen LogP contribution in [0, 0.1) is 11.2 Å². The van der Waals surface area contributed by atoms with E-state index in [0.29, 0.717) is 19.0 Å². The minimum Gasteiger partial charge on any atom is -0.479 e. The van der Waals surface area contributed by atoms with Crippen molar-refractivity contribution in [1.82, 2.24) is 9.97 Å². The summed E-state index contributed by atoms with van der Waals surface area (Å²) < 4.78 is 18.1. The first kappa shape index (κ1) is 13.0. The zero-order valence-electron chi connectivity index (χ0n) is 11.1. The number of methoxy groups -OCH3 is 1. The highest BCUT2D eigenvalue weighted by Gasteiger charge is 2.48. The minimum atomic E-state index is -0.835. The van der Waals surface area contributed by atoms with Crippen molar-refractivity contribution in [3.8, 4) is 5.88 Å². The maximum absolute atomic E-state index is 13.2. The second-order valence-electron chi connectivity index (χ2n) is 5.54. The van der Waals surface area contributed by atoms with E-state index in [1.54, 1.807) is 6.92 Å². The molecule has 5 nitrogen and oxygen atoms in total. The first-order chi connectivity index (χ1) is 8.27. The molecule has 0 radical (unpaired) electrons. The zero-order valence-corrected chi connectivity index (χ0v) is 11.1. The Hall–Kier alpha value is -1.43. The summed E-state index contributed by atoms with van der Waals surface area (Å²) in [7, 11) is 1.36. The van der Waals surface area contributed by atoms with Crippen LogP contribution >= 0.6 is 0 Å². The van der Waals surface area contributed by atoms with E-state index in [4.69, 9.17) is 4.74 Å². The predicted molar refractivity (Wildman–Crippen MR) is 65.2 cm³/mol. The van der Waals surface area contributed by atoms with Gasteiger partial charge in [0.2, 0.25) is 11.8 Å². The van der Waals surface area contributed by atoms with Crippen LogP contribution in [-0.2, 0) is 0 Å². The molecule has 18 heavy (non-hydrogen) atoms. The van der Waals surface area contributed by atoms with E-state index in [9.17, 15) is 9.50 Å². The average Bonchev–Trinajstić information content (AvgIpc) is 2.49. The lowest BCUT2D eigenvalue weighted by Crippen LogP contribution is -2.40. The molecule has 2 rings (SSSR count). The third kappa shape index (κ3) is 2.01. The molecule has 0 spiro atoms. The van der Waals surface area contributed by atoms with Crippen LogP contribution in [0.4, 0.5) is 10.3 Å². The van der Waals surface area contributed by atoms with Gasteiger partial charge in [-0.05, 0) is 6.92 Å². The molecule has 0 aromatic carbocycles. The van der Waals surface area contributed by atoms with Gasteiger partial charge in [0.1, 0.15) is 0 Å². The van der Waals surface area contributed by atoms with E-state index >= 15 is 0 Å². The first-order valence-electron chi connectivity index (χ1n) is 5.81. The number of ether oxygens (including phenoxy) is 1. The monoisotopic (exact) mass is 255 g/mol. The van der Waals surface area contributed by atoms with Gasteiger partial charge < -0.3 is 14.7 Å². The fourth-order valence-electron chi connectivity index (χ4n) is 2.07. The van der Waals surface area contributed by atoms with Crippen LogP contribution in [0.25, 0.3) is 0 Å². The van der Waals surface area contributed by atoms with Gasteiger partial charge in [-0.3, -0.25) is 0 Å². The number of halogens is 1.